The lowest BCUT2D eigenvalue weighted by Crippen LogP contribution is -2.20. The minimum absolute atomic E-state index is 0.0573. The molecule has 0 saturated carbocycles. The van der Waals surface area contributed by atoms with Gasteiger partial charge in [-0.25, -0.2) is 4.79 Å². The summed E-state index contributed by atoms with van der Waals surface area (Å²) in [4.78, 5) is 11.0. The van der Waals surface area contributed by atoms with Gasteiger partial charge in [-0.3, -0.25) is 0 Å². The molecule has 0 aliphatic rings. The van der Waals surface area contributed by atoms with Crippen LogP contribution in [0.5, 0.6) is 5.75 Å². The van der Waals surface area contributed by atoms with E-state index in [0.29, 0.717) is 16.9 Å². The first-order chi connectivity index (χ1) is 14.3. The molecule has 2 rings (SSSR count). The Labute approximate surface area is 185 Å². The molecule has 0 aliphatic carbocycles. The molecular weight excluding hydrogens is 392 g/mol. The Morgan fingerprint density at radius 3 is 2.13 bits per heavy atom. The minimum atomic E-state index is -1.09. The fourth-order valence-electron chi connectivity index (χ4n) is 3.05. The van der Waals surface area contributed by atoms with Gasteiger partial charge in [-0.05, 0) is 46.7 Å². The number of hydrogen-bond acceptors (Lipinski definition) is 4. The second kappa shape index (κ2) is 9.55. The normalized spacial score (nSPS) is 12.6. The Morgan fingerprint density at radius 1 is 1.03 bits per heavy atom. The molecular formula is C26H32O5. The fraction of sp³-hybridized carbons (Fsp3) is 0.423. The Balaban J connectivity index is 2.57. The standard InChI is InChI=1S/C26H32O5/c1-25(2,3)19-14-20(23(31-16-30-7)21(15-19)26(4,5)6)22(27)13-10-17-8-11-18(12-9-17)24(28)29/h8-9,11-12,14-15,22,27H,16H2,1-7H3,(H,28,29). The lowest BCUT2D eigenvalue weighted by Gasteiger charge is -2.29. The summed E-state index contributed by atoms with van der Waals surface area (Å²) in [6.07, 6.45) is -1.09. The molecule has 0 radical (unpaired) electrons. The second-order valence-corrected chi connectivity index (χ2v) is 9.55. The van der Waals surface area contributed by atoms with Gasteiger partial charge in [0.1, 0.15) is 11.9 Å². The minimum Gasteiger partial charge on any atom is -0.478 e. The maximum Gasteiger partial charge on any atom is 0.335 e. The Kier molecular flexibility index (Phi) is 7.54. The van der Waals surface area contributed by atoms with E-state index < -0.39 is 12.1 Å². The SMILES string of the molecule is COCOc1c(C(O)C#Cc2ccc(C(=O)O)cc2)cc(C(C)(C)C)cc1C(C)(C)C. The van der Waals surface area contributed by atoms with E-state index in [1.54, 1.807) is 19.2 Å². The maximum absolute atomic E-state index is 11.0. The quantitative estimate of drug-likeness (QED) is 0.519. The van der Waals surface area contributed by atoms with Crippen LogP contribution in [0.3, 0.4) is 0 Å². The zero-order chi connectivity index (χ0) is 23.4. The number of ether oxygens (including phenoxy) is 2. The van der Waals surface area contributed by atoms with Crippen molar-refractivity contribution < 1.29 is 24.5 Å². The summed E-state index contributed by atoms with van der Waals surface area (Å²) in [5, 5.41) is 20.0. The number of carboxylic acid groups (broad SMARTS) is 1. The van der Waals surface area contributed by atoms with E-state index in [9.17, 15) is 9.90 Å². The lowest BCUT2D eigenvalue weighted by molar-refractivity contribution is 0.0476. The number of carboxylic acids is 1. The zero-order valence-corrected chi connectivity index (χ0v) is 19.4. The van der Waals surface area contributed by atoms with E-state index in [1.165, 1.54) is 12.1 Å². The van der Waals surface area contributed by atoms with Crippen molar-refractivity contribution in [3.63, 3.8) is 0 Å². The number of aliphatic hydroxyl groups excluding tert-OH is 1. The Bertz CT molecular complexity index is 980. The smallest absolute Gasteiger partial charge is 0.335 e. The topological polar surface area (TPSA) is 76.0 Å². The van der Waals surface area contributed by atoms with E-state index in [4.69, 9.17) is 14.6 Å². The van der Waals surface area contributed by atoms with Gasteiger partial charge >= 0.3 is 5.97 Å². The molecule has 166 valence electrons. The highest BCUT2D eigenvalue weighted by molar-refractivity contribution is 5.87. The van der Waals surface area contributed by atoms with Gasteiger partial charge in [0.15, 0.2) is 6.79 Å². The third kappa shape index (κ3) is 6.33. The van der Waals surface area contributed by atoms with Gasteiger partial charge in [0.2, 0.25) is 0 Å². The molecule has 5 nitrogen and oxygen atoms in total. The molecule has 0 bridgehead atoms. The van der Waals surface area contributed by atoms with Crippen LogP contribution in [-0.2, 0) is 15.6 Å². The molecule has 2 aromatic carbocycles. The summed E-state index contributed by atoms with van der Waals surface area (Å²) in [6, 6.07) is 10.3. The van der Waals surface area contributed by atoms with Crippen LogP contribution in [0.4, 0.5) is 0 Å². The van der Waals surface area contributed by atoms with Crippen molar-refractivity contribution in [2.24, 2.45) is 0 Å². The van der Waals surface area contributed by atoms with Crippen LogP contribution >= 0.6 is 0 Å². The lowest BCUT2D eigenvalue weighted by atomic mass is 9.78. The zero-order valence-electron chi connectivity index (χ0n) is 19.4. The van der Waals surface area contributed by atoms with Crippen LogP contribution < -0.4 is 4.74 Å². The van der Waals surface area contributed by atoms with Crippen molar-refractivity contribution >= 4 is 5.97 Å². The van der Waals surface area contributed by atoms with Crippen LogP contribution in [-0.4, -0.2) is 30.1 Å². The predicted octanol–water partition coefficient (Wildman–Crippen LogP) is 5.05. The molecule has 0 amide bonds. The number of hydrogen-bond donors (Lipinski definition) is 2. The predicted molar refractivity (Wildman–Crippen MR) is 122 cm³/mol. The largest absolute Gasteiger partial charge is 0.478 e. The van der Waals surface area contributed by atoms with Crippen molar-refractivity contribution in [1.29, 1.82) is 0 Å². The first-order valence-corrected chi connectivity index (χ1v) is 10.2. The molecule has 31 heavy (non-hydrogen) atoms. The Hall–Kier alpha value is -2.81. The number of methoxy groups -OCH3 is 1. The molecule has 0 heterocycles. The van der Waals surface area contributed by atoms with Crippen LogP contribution in [0.1, 0.15) is 80.3 Å². The second-order valence-electron chi connectivity index (χ2n) is 9.55. The average Bonchev–Trinajstić information content (AvgIpc) is 2.68. The van der Waals surface area contributed by atoms with Crippen LogP contribution in [0.25, 0.3) is 0 Å². The molecule has 1 unspecified atom stereocenters. The Morgan fingerprint density at radius 2 is 1.65 bits per heavy atom. The van der Waals surface area contributed by atoms with E-state index in [2.05, 4.69) is 59.4 Å². The van der Waals surface area contributed by atoms with Gasteiger partial charge in [0.25, 0.3) is 0 Å². The molecule has 0 aliphatic heterocycles. The summed E-state index contributed by atoms with van der Waals surface area (Å²) < 4.78 is 11.0. The third-order valence-electron chi connectivity index (χ3n) is 4.89. The van der Waals surface area contributed by atoms with Crippen molar-refractivity contribution in [3.8, 4) is 17.6 Å². The van der Waals surface area contributed by atoms with Gasteiger partial charge in [0.05, 0.1) is 5.56 Å². The van der Waals surface area contributed by atoms with E-state index >= 15 is 0 Å². The first-order valence-electron chi connectivity index (χ1n) is 10.2. The summed E-state index contributed by atoms with van der Waals surface area (Å²) in [5.74, 6) is 5.39. The third-order valence-corrected chi connectivity index (χ3v) is 4.89. The van der Waals surface area contributed by atoms with Crippen molar-refractivity contribution in [3.05, 3.63) is 64.2 Å². The van der Waals surface area contributed by atoms with Gasteiger partial charge in [-0.1, -0.05) is 59.4 Å². The molecule has 1 atom stereocenters. The van der Waals surface area contributed by atoms with Gasteiger partial charge < -0.3 is 19.7 Å². The number of aromatic carboxylic acids is 1. The summed E-state index contributed by atoms with van der Waals surface area (Å²) in [7, 11) is 1.55. The highest BCUT2D eigenvalue weighted by Crippen LogP contribution is 2.40. The number of carbonyl (C=O) groups is 1. The van der Waals surface area contributed by atoms with Crippen molar-refractivity contribution in [2.75, 3.05) is 13.9 Å². The maximum atomic E-state index is 11.0. The molecule has 0 fully saturated rings. The van der Waals surface area contributed by atoms with Crippen LogP contribution in [0, 0.1) is 11.8 Å². The fourth-order valence-corrected chi connectivity index (χ4v) is 3.05. The van der Waals surface area contributed by atoms with Gasteiger partial charge in [-0.15, -0.1) is 0 Å². The highest BCUT2D eigenvalue weighted by Gasteiger charge is 2.28. The summed E-state index contributed by atoms with van der Waals surface area (Å²) in [6.45, 7) is 12.7. The molecule has 5 heteroatoms. The highest BCUT2D eigenvalue weighted by atomic mass is 16.7. The average molecular weight is 425 g/mol. The molecule has 2 aromatic rings. The van der Waals surface area contributed by atoms with Crippen molar-refractivity contribution in [2.45, 2.75) is 58.5 Å². The van der Waals surface area contributed by atoms with Gasteiger partial charge in [0, 0.05) is 23.8 Å². The number of aliphatic hydroxyl groups is 1. The monoisotopic (exact) mass is 424 g/mol. The molecule has 0 saturated heterocycles. The first kappa shape index (κ1) is 24.5. The van der Waals surface area contributed by atoms with E-state index in [1.807, 2.05) is 6.07 Å². The summed E-state index contributed by atoms with van der Waals surface area (Å²) >= 11 is 0. The van der Waals surface area contributed by atoms with E-state index in [0.717, 1.165) is 11.1 Å². The molecule has 0 spiro atoms. The number of benzene rings is 2. The van der Waals surface area contributed by atoms with Gasteiger partial charge in [-0.2, -0.15) is 0 Å². The molecule has 0 aromatic heterocycles. The van der Waals surface area contributed by atoms with E-state index in [-0.39, 0.29) is 23.2 Å². The van der Waals surface area contributed by atoms with Crippen molar-refractivity contribution in [1.82, 2.24) is 0 Å². The summed E-state index contributed by atoms with van der Waals surface area (Å²) in [5.41, 5.74) is 3.08. The molecule has 2 N–H and O–H groups in total. The van der Waals surface area contributed by atoms with Crippen LogP contribution in [0.2, 0.25) is 0 Å². The van der Waals surface area contributed by atoms with Crippen LogP contribution in [0.15, 0.2) is 36.4 Å². The number of rotatable bonds is 5.